The molecule has 0 bridgehead atoms. The Balaban J connectivity index is 1.92. The molecule has 0 aromatic heterocycles. The number of benzene rings is 1. The zero-order chi connectivity index (χ0) is 15.0. The maximum absolute atomic E-state index is 2.76. The highest BCUT2D eigenvalue weighted by molar-refractivity contribution is 5.57. The van der Waals surface area contributed by atoms with Gasteiger partial charge in [0.15, 0.2) is 0 Å². The lowest BCUT2D eigenvalue weighted by Crippen LogP contribution is -2.61. The summed E-state index contributed by atoms with van der Waals surface area (Å²) in [7, 11) is 0. The van der Waals surface area contributed by atoms with E-state index in [0.29, 0.717) is 12.0 Å². The van der Waals surface area contributed by atoms with E-state index in [-0.39, 0.29) is 0 Å². The van der Waals surface area contributed by atoms with Crippen molar-refractivity contribution < 1.29 is 0 Å². The summed E-state index contributed by atoms with van der Waals surface area (Å²) in [6.07, 6.45) is 4.19. The highest BCUT2D eigenvalue weighted by Crippen LogP contribution is 2.33. The van der Waals surface area contributed by atoms with Crippen molar-refractivity contribution in [3.63, 3.8) is 0 Å². The summed E-state index contributed by atoms with van der Waals surface area (Å²) >= 11 is 0. The lowest BCUT2D eigenvalue weighted by Gasteiger charge is -2.51. The Bertz CT molecular complexity index is 494. The van der Waals surface area contributed by atoms with E-state index in [1.165, 1.54) is 55.7 Å². The smallest absolute Gasteiger partial charge is 0.0440 e. The van der Waals surface area contributed by atoms with Crippen molar-refractivity contribution in [2.45, 2.75) is 59.0 Å². The van der Waals surface area contributed by atoms with E-state index in [2.05, 4.69) is 55.7 Å². The molecule has 0 aliphatic carbocycles. The van der Waals surface area contributed by atoms with Crippen molar-refractivity contribution in [3.8, 4) is 0 Å². The maximum Gasteiger partial charge on any atom is 0.0440 e. The Labute approximate surface area is 130 Å². The van der Waals surface area contributed by atoms with Crippen LogP contribution in [0, 0.1) is 19.8 Å². The van der Waals surface area contributed by atoms with Crippen molar-refractivity contribution in [1.82, 2.24) is 4.90 Å². The molecule has 2 aliphatic rings. The molecule has 0 N–H and O–H groups in total. The zero-order valence-corrected chi connectivity index (χ0v) is 14.1. The van der Waals surface area contributed by atoms with Gasteiger partial charge in [0.05, 0.1) is 0 Å². The fraction of sp³-hybridized carbons (Fsp3) is 0.684. The molecular formula is C19H30N2. The predicted octanol–water partition coefficient (Wildman–Crippen LogP) is 4.00. The summed E-state index contributed by atoms with van der Waals surface area (Å²) in [5, 5.41) is 0. The molecule has 2 heterocycles. The summed E-state index contributed by atoms with van der Waals surface area (Å²) in [5.41, 5.74) is 4.35. The van der Waals surface area contributed by atoms with E-state index in [1.54, 1.807) is 0 Å². The second kappa shape index (κ2) is 6.00. The summed E-state index contributed by atoms with van der Waals surface area (Å²) in [6, 6.07) is 8.21. The molecule has 3 rings (SSSR count). The Morgan fingerprint density at radius 1 is 1.10 bits per heavy atom. The first-order valence-electron chi connectivity index (χ1n) is 8.65. The third kappa shape index (κ3) is 2.83. The van der Waals surface area contributed by atoms with Gasteiger partial charge in [-0.15, -0.1) is 0 Å². The zero-order valence-electron chi connectivity index (χ0n) is 14.1. The fourth-order valence-electron chi connectivity index (χ4n) is 4.10. The number of nitrogens with zero attached hydrogens (tertiary/aromatic N) is 2. The number of hydrogen-bond acceptors (Lipinski definition) is 2. The third-order valence-corrected chi connectivity index (χ3v) is 5.63. The number of rotatable bonds is 2. The minimum absolute atomic E-state index is 0.653. The van der Waals surface area contributed by atoms with Gasteiger partial charge < -0.3 is 4.90 Å². The van der Waals surface area contributed by atoms with Gasteiger partial charge >= 0.3 is 0 Å². The lowest BCUT2D eigenvalue weighted by molar-refractivity contribution is 0.100. The Hall–Kier alpha value is -1.02. The van der Waals surface area contributed by atoms with Gasteiger partial charge in [-0.3, -0.25) is 4.90 Å². The molecule has 2 nitrogen and oxygen atoms in total. The SMILES string of the molecule is Cc1cccc(N2CC3CCCCN3CC2C(C)C)c1C. The first-order valence-corrected chi connectivity index (χ1v) is 8.65. The van der Waals surface area contributed by atoms with Gasteiger partial charge in [0.25, 0.3) is 0 Å². The largest absolute Gasteiger partial charge is 0.365 e. The lowest BCUT2D eigenvalue weighted by atomic mass is 9.91. The van der Waals surface area contributed by atoms with Crippen LogP contribution in [0.4, 0.5) is 5.69 Å². The molecule has 2 saturated heterocycles. The highest BCUT2D eigenvalue weighted by Gasteiger charge is 2.36. The molecular weight excluding hydrogens is 256 g/mol. The van der Waals surface area contributed by atoms with Crippen LogP contribution in [0.25, 0.3) is 0 Å². The molecule has 116 valence electrons. The van der Waals surface area contributed by atoms with Crippen LogP contribution in [-0.2, 0) is 0 Å². The van der Waals surface area contributed by atoms with Crippen LogP contribution in [0.15, 0.2) is 18.2 Å². The van der Waals surface area contributed by atoms with Crippen LogP contribution in [0.5, 0.6) is 0 Å². The third-order valence-electron chi connectivity index (χ3n) is 5.63. The van der Waals surface area contributed by atoms with Gasteiger partial charge in [0, 0.05) is 30.9 Å². The van der Waals surface area contributed by atoms with Crippen molar-refractivity contribution in [1.29, 1.82) is 0 Å². The first-order chi connectivity index (χ1) is 10.1. The topological polar surface area (TPSA) is 6.48 Å². The monoisotopic (exact) mass is 286 g/mol. The molecule has 2 heteroatoms. The second-order valence-corrected chi connectivity index (χ2v) is 7.33. The van der Waals surface area contributed by atoms with Crippen molar-refractivity contribution in [3.05, 3.63) is 29.3 Å². The van der Waals surface area contributed by atoms with Crippen LogP contribution in [0.3, 0.4) is 0 Å². The van der Waals surface area contributed by atoms with Gasteiger partial charge in [-0.05, 0) is 56.3 Å². The van der Waals surface area contributed by atoms with Crippen LogP contribution in [0.2, 0.25) is 0 Å². The van der Waals surface area contributed by atoms with Crippen molar-refractivity contribution >= 4 is 5.69 Å². The maximum atomic E-state index is 2.76. The minimum atomic E-state index is 0.653. The summed E-state index contributed by atoms with van der Waals surface area (Å²) in [6.45, 7) is 13.1. The van der Waals surface area contributed by atoms with Crippen LogP contribution >= 0.6 is 0 Å². The van der Waals surface area contributed by atoms with E-state index in [0.717, 1.165) is 6.04 Å². The minimum Gasteiger partial charge on any atom is -0.365 e. The van der Waals surface area contributed by atoms with Crippen LogP contribution < -0.4 is 4.90 Å². The number of piperazine rings is 1. The van der Waals surface area contributed by atoms with E-state index >= 15 is 0 Å². The number of piperidine rings is 1. The summed E-state index contributed by atoms with van der Waals surface area (Å²) in [5.74, 6) is 0.702. The second-order valence-electron chi connectivity index (χ2n) is 7.33. The molecule has 2 aliphatic heterocycles. The average molecular weight is 286 g/mol. The number of anilines is 1. The molecule has 0 radical (unpaired) electrons. The van der Waals surface area contributed by atoms with Gasteiger partial charge in [-0.2, -0.15) is 0 Å². The predicted molar refractivity (Wildman–Crippen MR) is 91.1 cm³/mol. The molecule has 2 atom stereocenters. The molecule has 21 heavy (non-hydrogen) atoms. The molecule has 0 amide bonds. The Kier molecular flexibility index (Phi) is 4.26. The molecule has 2 fully saturated rings. The molecule has 0 spiro atoms. The first kappa shape index (κ1) is 14.9. The van der Waals surface area contributed by atoms with E-state index in [4.69, 9.17) is 0 Å². The average Bonchev–Trinajstić information content (AvgIpc) is 2.48. The van der Waals surface area contributed by atoms with Gasteiger partial charge in [-0.1, -0.05) is 32.4 Å². The molecule has 1 aromatic rings. The quantitative estimate of drug-likeness (QED) is 0.810. The van der Waals surface area contributed by atoms with E-state index < -0.39 is 0 Å². The molecule has 0 saturated carbocycles. The van der Waals surface area contributed by atoms with Gasteiger partial charge in [0.2, 0.25) is 0 Å². The van der Waals surface area contributed by atoms with E-state index in [9.17, 15) is 0 Å². The number of aryl methyl sites for hydroxylation is 1. The summed E-state index contributed by atoms with van der Waals surface area (Å²) in [4.78, 5) is 5.48. The standard InChI is InChI=1S/C19H30N2/c1-14(2)19-13-20-11-6-5-9-17(20)12-21(19)18-10-7-8-15(3)16(18)4/h7-8,10,14,17,19H,5-6,9,11-13H2,1-4H3. The van der Waals surface area contributed by atoms with Crippen molar-refractivity contribution in [2.24, 2.45) is 5.92 Å². The van der Waals surface area contributed by atoms with Crippen molar-refractivity contribution in [2.75, 3.05) is 24.5 Å². The number of fused-ring (bicyclic) bond motifs is 1. The van der Waals surface area contributed by atoms with Crippen LogP contribution in [0.1, 0.15) is 44.2 Å². The molecule has 2 unspecified atom stereocenters. The Morgan fingerprint density at radius 3 is 2.67 bits per heavy atom. The van der Waals surface area contributed by atoms with Crippen LogP contribution in [-0.4, -0.2) is 36.6 Å². The summed E-state index contributed by atoms with van der Waals surface area (Å²) < 4.78 is 0. The van der Waals surface area contributed by atoms with Gasteiger partial charge in [-0.25, -0.2) is 0 Å². The molecule has 1 aromatic carbocycles. The van der Waals surface area contributed by atoms with Gasteiger partial charge in [0.1, 0.15) is 0 Å². The number of hydrogen-bond donors (Lipinski definition) is 0. The highest BCUT2D eigenvalue weighted by atomic mass is 15.3. The van der Waals surface area contributed by atoms with E-state index in [1.807, 2.05) is 0 Å². The normalized spacial score (nSPS) is 27.0. The fourth-order valence-corrected chi connectivity index (χ4v) is 4.10. The Morgan fingerprint density at radius 2 is 1.90 bits per heavy atom.